The number of ether oxygens (including phenoxy) is 1. The van der Waals surface area contributed by atoms with E-state index in [1.807, 2.05) is 49.4 Å². The summed E-state index contributed by atoms with van der Waals surface area (Å²) in [5.74, 6) is 1.53. The molecule has 2 aromatic rings. The molecule has 0 amide bonds. The van der Waals surface area contributed by atoms with Gasteiger partial charge in [0.05, 0.1) is 0 Å². The fourth-order valence-corrected chi connectivity index (χ4v) is 2.80. The second kappa shape index (κ2) is 14.5. The van der Waals surface area contributed by atoms with Crippen molar-refractivity contribution >= 4 is 6.47 Å². The molecule has 27 heavy (non-hydrogen) atoms. The smallest absolute Gasteiger partial charge is 0.460 e. The molecule has 0 bridgehead atoms. The van der Waals surface area contributed by atoms with Crippen LogP contribution in [0.15, 0.2) is 54.6 Å². The van der Waals surface area contributed by atoms with Gasteiger partial charge in [0.2, 0.25) is 0 Å². The molecular weight excluding hydrogens is 359 g/mol. The zero-order valence-corrected chi connectivity index (χ0v) is 21.5. The van der Waals surface area contributed by atoms with E-state index in [0.29, 0.717) is 11.9 Å². The van der Waals surface area contributed by atoms with E-state index in [0.717, 1.165) is 11.1 Å². The quantitative estimate of drug-likeness (QED) is 0.435. The number of benzene rings is 2. The van der Waals surface area contributed by atoms with Crippen molar-refractivity contribution in [2.45, 2.75) is 54.1 Å². The van der Waals surface area contributed by atoms with Gasteiger partial charge in [-0.15, -0.1) is 0 Å². The van der Waals surface area contributed by atoms with Gasteiger partial charge in [-0.25, -0.2) is 0 Å². The van der Waals surface area contributed by atoms with Crippen LogP contribution in [0.5, 0.6) is 0 Å². The Morgan fingerprint density at radius 2 is 1.44 bits per heavy atom. The number of carbonyl (C=O) groups excluding carboxylic acids is 1. The monoisotopic (exact) mass is 393 g/mol. The molecule has 0 saturated heterocycles. The minimum atomic E-state index is -0.197. The minimum Gasteiger partial charge on any atom is -0.460 e. The van der Waals surface area contributed by atoms with Crippen LogP contribution in [0.3, 0.4) is 0 Å². The summed E-state index contributed by atoms with van der Waals surface area (Å²) in [7, 11) is 0. The van der Waals surface area contributed by atoms with Crippen molar-refractivity contribution in [3.63, 3.8) is 0 Å². The average molecular weight is 394 g/mol. The molecule has 0 radical (unpaired) electrons. The molecule has 2 nitrogen and oxygen atoms in total. The van der Waals surface area contributed by atoms with Crippen LogP contribution >= 0.6 is 0 Å². The van der Waals surface area contributed by atoms with Crippen molar-refractivity contribution in [3.05, 3.63) is 73.5 Å². The first-order chi connectivity index (χ1) is 11.7. The third-order valence-corrected chi connectivity index (χ3v) is 3.63. The SMILES string of the molecule is CC(OC=O)c1ccc(-c2ccccc2)cc1.C[C-](C)CC(C)(C)C.[CH3-].[K+]. The van der Waals surface area contributed by atoms with E-state index in [4.69, 9.17) is 4.74 Å². The van der Waals surface area contributed by atoms with Crippen LogP contribution < -0.4 is 51.4 Å². The molecule has 0 N–H and O–H groups in total. The molecule has 0 aliphatic carbocycles. The summed E-state index contributed by atoms with van der Waals surface area (Å²) in [6, 6.07) is 18.2. The largest absolute Gasteiger partial charge is 1.00 e. The molecule has 0 aliphatic heterocycles. The van der Waals surface area contributed by atoms with E-state index in [2.05, 4.69) is 46.8 Å². The van der Waals surface area contributed by atoms with Crippen molar-refractivity contribution in [1.29, 1.82) is 0 Å². The number of rotatable bonds is 5. The fraction of sp³-hybridized carbons (Fsp3) is 0.375. The summed E-state index contributed by atoms with van der Waals surface area (Å²) in [6.07, 6.45) is 1.05. The summed E-state index contributed by atoms with van der Waals surface area (Å²) in [5.41, 5.74) is 3.83. The molecule has 1 unspecified atom stereocenters. The van der Waals surface area contributed by atoms with Crippen LogP contribution in [-0.4, -0.2) is 6.47 Å². The van der Waals surface area contributed by atoms with Crippen LogP contribution in [0.25, 0.3) is 11.1 Å². The van der Waals surface area contributed by atoms with Crippen molar-refractivity contribution < 1.29 is 60.9 Å². The Bertz CT molecular complexity index is 613. The van der Waals surface area contributed by atoms with Crippen LogP contribution in [0, 0.1) is 18.8 Å². The number of carbonyl (C=O) groups is 1. The second-order valence-electron chi connectivity index (χ2n) is 7.81. The second-order valence-corrected chi connectivity index (χ2v) is 7.81. The van der Waals surface area contributed by atoms with E-state index >= 15 is 0 Å². The van der Waals surface area contributed by atoms with E-state index < -0.39 is 0 Å². The van der Waals surface area contributed by atoms with Gasteiger partial charge in [-0.3, -0.25) is 4.79 Å². The minimum absolute atomic E-state index is 0. The van der Waals surface area contributed by atoms with Crippen LogP contribution in [0.2, 0.25) is 0 Å². The van der Waals surface area contributed by atoms with Crippen molar-refractivity contribution in [2.75, 3.05) is 0 Å². The first kappa shape index (κ1) is 28.8. The Hall–Kier alpha value is -0.454. The first-order valence-corrected chi connectivity index (χ1v) is 8.76. The molecule has 3 heteroatoms. The standard InChI is InChI=1S/C15H14O2.C8H17.CH3.K/c1-12(17-11-16)13-7-9-15(10-8-13)14-5-3-2-4-6-14;1-7(2)6-8(3,4)5;;/h2-12H,1H3;6H2,1-5H3;1H3;/q;2*-1;+1. The summed E-state index contributed by atoms with van der Waals surface area (Å²) in [5, 5.41) is 0. The molecule has 2 rings (SSSR count). The predicted molar refractivity (Wildman–Crippen MR) is 113 cm³/mol. The molecule has 0 saturated carbocycles. The number of hydrogen-bond donors (Lipinski definition) is 0. The molecule has 144 valence electrons. The Kier molecular flexibility index (Phi) is 15.5. The third kappa shape index (κ3) is 12.6. The zero-order chi connectivity index (χ0) is 18.9. The summed E-state index contributed by atoms with van der Waals surface area (Å²) in [6.45, 7) is 13.5. The van der Waals surface area contributed by atoms with E-state index in [9.17, 15) is 4.79 Å². The summed E-state index contributed by atoms with van der Waals surface area (Å²) >= 11 is 0. The van der Waals surface area contributed by atoms with Crippen molar-refractivity contribution in [1.82, 2.24) is 0 Å². The molecule has 0 spiro atoms. The topological polar surface area (TPSA) is 26.3 Å². The Morgan fingerprint density at radius 3 is 1.81 bits per heavy atom. The maximum absolute atomic E-state index is 10.3. The molecule has 0 heterocycles. The van der Waals surface area contributed by atoms with E-state index in [1.165, 1.54) is 17.9 Å². The van der Waals surface area contributed by atoms with Gasteiger partial charge in [0.1, 0.15) is 6.10 Å². The molecule has 0 fully saturated rings. The Morgan fingerprint density at radius 1 is 0.963 bits per heavy atom. The molecule has 2 aromatic carbocycles. The molecular formula is C24H34KO2-. The fourth-order valence-electron chi connectivity index (χ4n) is 2.80. The van der Waals surface area contributed by atoms with Crippen LogP contribution in [0.1, 0.15) is 59.6 Å². The average Bonchev–Trinajstić information content (AvgIpc) is 2.54. The predicted octanol–water partition coefficient (Wildman–Crippen LogP) is 4.08. The van der Waals surface area contributed by atoms with Gasteiger partial charge >= 0.3 is 51.4 Å². The Balaban J connectivity index is 0. The first-order valence-electron chi connectivity index (χ1n) is 8.76. The van der Waals surface area contributed by atoms with Crippen LogP contribution in [-0.2, 0) is 9.53 Å². The van der Waals surface area contributed by atoms with E-state index in [1.54, 1.807) is 0 Å². The van der Waals surface area contributed by atoms with Crippen LogP contribution in [0.4, 0.5) is 0 Å². The van der Waals surface area contributed by atoms with Gasteiger partial charge in [-0.1, -0.05) is 80.8 Å². The van der Waals surface area contributed by atoms with Crippen molar-refractivity contribution in [2.24, 2.45) is 5.41 Å². The molecule has 0 aliphatic rings. The molecule has 0 aromatic heterocycles. The third-order valence-electron chi connectivity index (χ3n) is 3.63. The summed E-state index contributed by atoms with van der Waals surface area (Å²) < 4.78 is 4.89. The maximum atomic E-state index is 10.3. The van der Waals surface area contributed by atoms with Crippen molar-refractivity contribution in [3.8, 4) is 11.1 Å². The van der Waals surface area contributed by atoms with Gasteiger partial charge in [0, 0.05) is 0 Å². The number of hydrogen-bond acceptors (Lipinski definition) is 2. The molecule has 1 atom stereocenters. The van der Waals surface area contributed by atoms with Gasteiger partial charge < -0.3 is 18.1 Å². The van der Waals surface area contributed by atoms with Gasteiger partial charge in [0.15, 0.2) is 0 Å². The zero-order valence-electron chi connectivity index (χ0n) is 18.4. The van der Waals surface area contributed by atoms with Gasteiger partial charge in [-0.05, 0) is 23.6 Å². The Labute approximate surface area is 209 Å². The normalized spacial score (nSPS) is 11.2. The van der Waals surface area contributed by atoms with E-state index in [-0.39, 0.29) is 64.9 Å². The van der Waals surface area contributed by atoms with Gasteiger partial charge in [-0.2, -0.15) is 20.3 Å². The maximum Gasteiger partial charge on any atom is 1.00 e. The summed E-state index contributed by atoms with van der Waals surface area (Å²) in [4.78, 5) is 10.3. The van der Waals surface area contributed by atoms with Gasteiger partial charge in [0.25, 0.3) is 6.47 Å².